The van der Waals surface area contributed by atoms with Crippen molar-refractivity contribution in [3.05, 3.63) is 35.0 Å². The van der Waals surface area contributed by atoms with Gasteiger partial charge in [-0.05, 0) is 44.0 Å². The highest BCUT2D eigenvalue weighted by Gasteiger charge is 2.29. The molecule has 3 rings (SSSR count). The maximum absolute atomic E-state index is 12.1. The number of hydrogen-bond acceptors (Lipinski definition) is 5. The van der Waals surface area contributed by atoms with Crippen molar-refractivity contribution in [3.8, 4) is 0 Å². The standard InChI is InChI=1S/C17H20N2O5S/c1-10-11(2)18-15-4-3-12(7-14(10)15)17(21)24-8-16(20)19-13-5-6-25(22,23)9-13/h3-4,7,13,18H,5-6,8-9H2,1-2H3,(H,19,20). The quantitative estimate of drug-likeness (QED) is 0.794. The zero-order valence-electron chi connectivity index (χ0n) is 14.1. The van der Waals surface area contributed by atoms with Gasteiger partial charge in [-0.1, -0.05) is 0 Å². The number of rotatable bonds is 4. The summed E-state index contributed by atoms with van der Waals surface area (Å²) in [6, 6.07) is 4.77. The highest BCUT2D eigenvalue weighted by atomic mass is 32.2. The van der Waals surface area contributed by atoms with Crippen LogP contribution in [0.4, 0.5) is 0 Å². The van der Waals surface area contributed by atoms with Gasteiger partial charge in [-0.15, -0.1) is 0 Å². The van der Waals surface area contributed by atoms with E-state index in [9.17, 15) is 18.0 Å². The van der Waals surface area contributed by atoms with Crippen molar-refractivity contribution in [1.29, 1.82) is 0 Å². The van der Waals surface area contributed by atoms with E-state index in [1.165, 1.54) is 0 Å². The molecule has 0 bridgehead atoms. The van der Waals surface area contributed by atoms with Crippen LogP contribution in [0.25, 0.3) is 10.9 Å². The Kier molecular flexibility index (Phi) is 4.55. The molecule has 0 saturated carbocycles. The third-order valence-corrected chi connectivity index (χ3v) is 6.24. The lowest BCUT2D eigenvalue weighted by Crippen LogP contribution is -2.38. The van der Waals surface area contributed by atoms with Gasteiger partial charge < -0.3 is 15.0 Å². The van der Waals surface area contributed by atoms with Gasteiger partial charge in [0.25, 0.3) is 5.91 Å². The first-order valence-corrected chi connectivity index (χ1v) is 9.83. The van der Waals surface area contributed by atoms with Gasteiger partial charge in [0.15, 0.2) is 16.4 Å². The molecule has 1 aromatic carbocycles. The Morgan fingerprint density at radius 3 is 2.76 bits per heavy atom. The van der Waals surface area contributed by atoms with Crippen LogP contribution in [-0.4, -0.2) is 49.4 Å². The third-order valence-electron chi connectivity index (χ3n) is 4.48. The van der Waals surface area contributed by atoms with E-state index in [1.807, 2.05) is 13.8 Å². The summed E-state index contributed by atoms with van der Waals surface area (Å²) in [6.45, 7) is 3.49. The van der Waals surface area contributed by atoms with Crippen LogP contribution in [0.3, 0.4) is 0 Å². The number of carbonyl (C=O) groups excluding carboxylic acids is 2. The molecule has 2 aromatic rings. The first-order chi connectivity index (χ1) is 11.7. The molecule has 0 radical (unpaired) electrons. The molecule has 7 nitrogen and oxygen atoms in total. The van der Waals surface area contributed by atoms with Crippen molar-refractivity contribution >= 4 is 32.6 Å². The van der Waals surface area contributed by atoms with E-state index in [2.05, 4.69) is 10.3 Å². The molecule has 1 aliphatic rings. The number of fused-ring (bicyclic) bond motifs is 1. The molecule has 25 heavy (non-hydrogen) atoms. The summed E-state index contributed by atoms with van der Waals surface area (Å²) >= 11 is 0. The first-order valence-electron chi connectivity index (χ1n) is 8.01. The van der Waals surface area contributed by atoms with Gasteiger partial charge in [-0.25, -0.2) is 13.2 Å². The molecule has 8 heteroatoms. The SMILES string of the molecule is Cc1[nH]c2ccc(C(=O)OCC(=O)NC3CCS(=O)(=O)C3)cc2c1C. The molecule has 1 saturated heterocycles. The van der Waals surface area contributed by atoms with E-state index in [1.54, 1.807) is 18.2 Å². The molecule has 0 spiro atoms. The molecular weight excluding hydrogens is 344 g/mol. The zero-order chi connectivity index (χ0) is 18.2. The summed E-state index contributed by atoms with van der Waals surface area (Å²) in [6.07, 6.45) is 0.394. The van der Waals surface area contributed by atoms with Gasteiger partial charge in [0, 0.05) is 22.6 Å². The van der Waals surface area contributed by atoms with Crippen LogP contribution >= 0.6 is 0 Å². The van der Waals surface area contributed by atoms with Crippen LogP contribution in [0, 0.1) is 13.8 Å². The number of amides is 1. The Morgan fingerprint density at radius 1 is 1.32 bits per heavy atom. The zero-order valence-corrected chi connectivity index (χ0v) is 14.9. The monoisotopic (exact) mass is 364 g/mol. The number of aromatic amines is 1. The van der Waals surface area contributed by atoms with Crippen molar-refractivity contribution in [1.82, 2.24) is 10.3 Å². The van der Waals surface area contributed by atoms with Crippen LogP contribution in [0.15, 0.2) is 18.2 Å². The van der Waals surface area contributed by atoms with Crippen molar-refractivity contribution in [2.45, 2.75) is 26.3 Å². The Hall–Kier alpha value is -2.35. The van der Waals surface area contributed by atoms with Gasteiger partial charge >= 0.3 is 5.97 Å². The van der Waals surface area contributed by atoms with E-state index < -0.39 is 34.4 Å². The highest BCUT2D eigenvalue weighted by Crippen LogP contribution is 2.22. The van der Waals surface area contributed by atoms with Gasteiger partial charge in [0.1, 0.15) is 0 Å². The topological polar surface area (TPSA) is 105 Å². The molecule has 1 unspecified atom stereocenters. The number of aryl methyl sites for hydroxylation is 2. The minimum Gasteiger partial charge on any atom is -0.452 e. The second-order valence-corrected chi connectivity index (χ2v) is 8.61. The third kappa shape index (κ3) is 3.84. The van der Waals surface area contributed by atoms with Crippen molar-refractivity contribution in [3.63, 3.8) is 0 Å². The smallest absolute Gasteiger partial charge is 0.338 e. The van der Waals surface area contributed by atoms with E-state index >= 15 is 0 Å². The molecule has 1 aliphatic heterocycles. The number of benzene rings is 1. The van der Waals surface area contributed by atoms with E-state index in [4.69, 9.17) is 4.74 Å². The maximum atomic E-state index is 12.1. The maximum Gasteiger partial charge on any atom is 0.338 e. The summed E-state index contributed by atoms with van der Waals surface area (Å²) in [4.78, 5) is 27.2. The fourth-order valence-electron chi connectivity index (χ4n) is 2.98. The molecule has 1 amide bonds. The normalized spacial score (nSPS) is 19.0. The van der Waals surface area contributed by atoms with E-state index in [0.29, 0.717) is 12.0 Å². The van der Waals surface area contributed by atoms with Crippen LogP contribution in [0.2, 0.25) is 0 Å². The molecule has 2 N–H and O–H groups in total. The van der Waals surface area contributed by atoms with E-state index in [0.717, 1.165) is 22.2 Å². The Labute approximate surface area is 145 Å². The number of hydrogen-bond donors (Lipinski definition) is 2. The minimum absolute atomic E-state index is 0.0600. The molecule has 2 heterocycles. The Morgan fingerprint density at radius 2 is 2.08 bits per heavy atom. The summed E-state index contributed by atoms with van der Waals surface area (Å²) in [5.74, 6) is -1.07. The number of sulfone groups is 1. The van der Waals surface area contributed by atoms with Crippen molar-refractivity contribution in [2.24, 2.45) is 0 Å². The predicted molar refractivity (Wildman–Crippen MR) is 93.3 cm³/mol. The second kappa shape index (κ2) is 6.51. The van der Waals surface area contributed by atoms with Crippen LogP contribution < -0.4 is 5.32 Å². The van der Waals surface area contributed by atoms with Crippen molar-refractivity contribution < 1.29 is 22.7 Å². The number of aromatic nitrogens is 1. The highest BCUT2D eigenvalue weighted by molar-refractivity contribution is 7.91. The lowest BCUT2D eigenvalue weighted by molar-refractivity contribution is -0.124. The molecule has 1 atom stereocenters. The van der Waals surface area contributed by atoms with Crippen LogP contribution in [0.1, 0.15) is 28.0 Å². The summed E-state index contributed by atoms with van der Waals surface area (Å²) in [7, 11) is -3.06. The average molecular weight is 364 g/mol. The lowest BCUT2D eigenvalue weighted by atomic mass is 10.1. The number of ether oxygens (including phenoxy) is 1. The fourth-order valence-corrected chi connectivity index (χ4v) is 4.65. The lowest BCUT2D eigenvalue weighted by Gasteiger charge is -2.11. The number of carbonyl (C=O) groups is 2. The summed E-state index contributed by atoms with van der Waals surface area (Å²) < 4.78 is 27.8. The van der Waals surface area contributed by atoms with E-state index in [-0.39, 0.29) is 11.5 Å². The first kappa shape index (κ1) is 17.5. The molecule has 0 aliphatic carbocycles. The Balaban J connectivity index is 1.59. The van der Waals surface area contributed by atoms with Crippen LogP contribution in [-0.2, 0) is 19.4 Å². The minimum atomic E-state index is -3.06. The van der Waals surface area contributed by atoms with Crippen LogP contribution in [0.5, 0.6) is 0 Å². The molecule has 134 valence electrons. The Bertz CT molecular complexity index is 945. The molecular formula is C17H20N2O5S. The molecule has 1 aromatic heterocycles. The number of nitrogens with one attached hydrogen (secondary N) is 2. The number of esters is 1. The second-order valence-electron chi connectivity index (χ2n) is 6.38. The van der Waals surface area contributed by atoms with Gasteiger partial charge in [-0.3, -0.25) is 4.79 Å². The predicted octanol–water partition coefficient (Wildman–Crippen LogP) is 1.24. The number of H-pyrrole nitrogens is 1. The fraction of sp³-hybridized carbons (Fsp3) is 0.412. The summed E-state index contributed by atoms with van der Waals surface area (Å²) in [5, 5.41) is 3.52. The van der Waals surface area contributed by atoms with Gasteiger partial charge in [-0.2, -0.15) is 0 Å². The largest absolute Gasteiger partial charge is 0.452 e. The summed E-state index contributed by atoms with van der Waals surface area (Å²) in [5.41, 5.74) is 3.40. The van der Waals surface area contributed by atoms with Crippen molar-refractivity contribution in [2.75, 3.05) is 18.1 Å². The average Bonchev–Trinajstić information content (AvgIpc) is 3.04. The van der Waals surface area contributed by atoms with Gasteiger partial charge in [0.05, 0.1) is 17.1 Å². The van der Waals surface area contributed by atoms with Gasteiger partial charge in [0.2, 0.25) is 0 Å². The molecule has 1 fully saturated rings.